The first kappa shape index (κ1) is 19.3. The van der Waals surface area contributed by atoms with Crippen LogP contribution in [0.4, 0.5) is 5.69 Å². The summed E-state index contributed by atoms with van der Waals surface area (Å²) in [4.78, 5) is 27.0. The molecule has 0 saturated carbocycles. The number of piperidine rings is 1. The topological polar surface area (TPSA) is 58.6 Å². The summed E-state index contributed by atoms with van der Waals surface area (Å²) in [6.45, 7) is 9.63. The lowest BCUT2D eigenvalue weighted by Gasteiger charge is -2.35. The van der Waals surface area contributed by atoms with Crippen molar-refractivity contribution in [3.8, 4) is 5.75 Å². The molecule has 1 aromatic rings. The van der Waals surface area contributed by atoms with Crippen LogP contribution in [0.15, 0.2) is 24.3 Å². The summed E-state index contributed by atoms with van der Waals surface area (Å²) in [5, 5.41) is 2.99. The molecule has 5 nitrogen and oxygen atoms in total. The number of carbonyl (C=O) groups excluding carboxylic acids is 2. The van der Waals surface area contributed by atoms with E-state index in [1.165, 1.54) is 0 Å². The highest BCUT2D eigenvalue weighted by molar-refractivity contribution is 5.94. The fourth-order valence-electron chi connectivity index (χ4n) is 2.99. The van der Waals surface area contributed by atoms with Gasteiger partial charge in [-0.05, 0) is 31.4 Å². The van der Waals surface area contributed by atoms with Crippen molar-refractivity contribution in [2.45, 2.75) is 47.0 Å². The van der Waals surface area contributed by atoms with E-state index in [2.05, 4.69) is 5.32 Å². The molecule has 1 unspecified atom stereocenters. The van der Waals surface area contributed by atoms with E-state index in [9.17, 15) is 9.59 Å². The highest BCUT2D eigenvalue weighted by atomic mass is 16.5. The second kappa shape index (κ2) is 8.37. The van der Waals surface area contributed by atoms with Crippen LogP contribution in [0.1, 0.15) is 47.0 Å². The van der Waals surface area contributed by atoms with Crippen molar-refractivity contribution in [1.29, 1.82) is 0 Å². The Balaban J connectivity index is 2.02. The number of benzene rings is 1. The Hall–Kier alpha value is -2.04. The normalized spacial score (nSPS) is 17.9. The minimum Gasteiger partial charge on any atom is -0.491 e. The lowest BCUT2D eigenvalue weighted by Crippen LogP contribution is -2.47. The van der Waals surface area contributed by atoms with E-state index in [1.54, 1.807) is 0 Å². The molecule has 25 heavy (non-hydrogen) atoms. The lowest BCUT2D eigenvalue weighted by molar-refractivity contribution is -0.142. The average Bonchev–Trinajstić information content (AvgIpc) is 2.59. The van der Waals surface area contributed by atoms with Crippen molar-refractivity contribution in [3.63, 3.8) is 0 Å². The molecule has 5 heteroatoms. The average molecular weight is 346 g/mol. The van der Waals surface area contributed by atoms with Crippen LogP contribution < -0.4 is 10.1 Å². The summed E-state index contributed by atoms with van der Waals surface area (Å²) in [5.41, 5.74) is 0.277. The monoisotopic (exact) mass is 346 g/mol. The molecule has 0 aromatic heterocycles. The summed E-state index contributed by atoms with van der Waals surface area (Å²) in [6, 6.07) is 7.49. The number of hydrogen-bond donors (Lipinski definition) is 1. The zero-order chi connectivity index (χ0) is 18.4. The van der Waals surface area contributed by atoms with Crippen molar-refractivity contribution in [1.82, 2.24) is 4.90 Å². The van der Waals surface area contributed by atoms with E-state index in [0.29, 0.717) is 24.6 Å². The molecule has 1 saturated heterocycles. The number of anilines is 1. The third-order valence-corrected chi connectivity index (χ3v) is 4.33. The van der Waals surface area contributed by atoms with Gasteiger partial charge in [-0.2, -0.15) is 0 Å². The zero-order valence-electron chi connectivity index (χ0n) is 15.8. The number of carbonyl (C=O) groups is 2. The van der Waals surface area contributed by atoms with Gasteiger partial charge in [0.2, 0.25) is 11.8 Å². The Morgan fingerprint density at radius 3 is 2.68 bits per heavy atom. The second-order valence-electron chi connectivity index (χ2n) is 7.67. The molecule has 1 aromatic carbocycles. The van der Waals surface area contributed by atoms with Gasteiger partial charge in [-0.25, -0.2) is 0 Å². The molecule has 2 amide bonds. The number of hydrogen-bond acceptors (Lipinski definition) is 3. The third kappa shape index (κ3) is 5.21. The van der Waals surface area contributed by atoms with Crippen molar-refractivity contribution in [2.75, 3.05) is 25.0 Å². The molecule has 0 radical (unpaired) electrons. The van der Waals surface area contributed by atoms with Gasteiger partial charge < -0.3 is 15.0 Å². The molecule has 1 aliphatic rings. The van der Waals surface area contributed by atoms with Gasteiger partial charge in [-0.3, -0.25) is 9.59 Å². The molecule has 2 rings (SSSR count). The standard InChI is InChI=1S/C20H30N2O3/c1-5-13-25-17-11-7-6-10-16(17)21-18(23)15-9-8-12-22(14-15)19(24)20(2,3)4/h6-7,10-11,15H,5,8-9,12-14H2,1-4H3,(H,21,23). The van der Waals surface area contributed by atoms with E-state index < -0.39 is 5.41 Å². The molecule has 1 aliphatic heterocycles. The maximum Gasteiger partial charge on any atom is 0.229 e. The van der Waals surface area contributed by atoms with Gasteiger partial charge in [-0.15, -0.1) is 0 Å². The highest BCUT2D eigenvalue weighted by Crippen LogP contribution is 2.27. The molecule has 1 heterocycles. The summed E-state index contributed by atoms with van der Waals surface area (Å²) in [7, 11) is 0. The summed E-state index contributed by atoms with van der Waals surface area (Å²) in [5.74, 6) is 0.575. The summed E-state index contributed by atoms with van der Waals surface area (Å²) in [6.07, 6.45) is 2.57. The maximum absolute atomic E-state index is 12.7. The van der Waals surface area contributed by atoms with Gasteiger partial charge in [0.05, 0.1) is 18.2 Å². The summed E-state index contributed by atoms with van der Waals surface area (Å²) >= 11 is 0. The number of nitrogens with one attached hydrogen (secondary N) is 1. The predicted molar refractivity (Wildman–Crippen MR) is 99.6 cm³/mol. The smallest absolute Gasteiger partial charge is 0.229 e. The zero-order valence-corrected chi connectivity index (χ0v) is 15.8. The van der Waals surface area contributed by atoms with E-state index in [1.807, 2.05) is 56.9 Å². The quantitative estimate of drug-likeness (QED) is 0.884. The fraction of sp³-hybridized carbons (Fsp3) is 0.600. The Morgan fingerprint density at radius 2 is 2.00 bits per heavy atom. The fourth-order valence-corrected chi connectivity index (χ4v) is 2.99. The van der Waals surface area contributed by atoms with E-state index in [4.69, 9.17) is 4.74 Å². The number of nitrogens with zero attached hydrogens (tertiary/aromatic N) is 1. The SMILES string of the molecule is CCCOc1ccccc1NC(=O)C1CCCN(C(=O)C(C)(C)C)C1. The van der Waals surface area contributed by atoms with Crippen molar-refractivity contribution in [3.05, 3.63) is 24.3 Å². The van der Waals surface area contributed by atoms with E-state index >= 15 is 0 Å². The lowest BCUT2D eigenvalue weighted by atomic mass is 9.91. The molecule has 0 spiro atoms. The van der Waals surface area contributed by atoms with Gasteiger partial charge in [0.15, 0.2) is 0 Å². The van der Waals surface area contributed by atoms with Gasteiger partial charge in [0.25, 0.3) is 0 Å². The molecule has 1 atom stereocenters. The largest absolute Gasteiger partial charge is 0.491 e. The summed E-state index contributed by atoms with van der Waals surface area (Å²) < 4.78 is 5.70. The van der Waals surface area contributed by atoms with Gasteiger partial charge in [0.1, 0.15) is 5.75 Å². The number of rotatable bonds is 5. The molecular weight excluding hydrogens is 316 g/mol. The van der Waals surface area contributed by atoms with Crippen LogP contribution in [-0.4, -0.2) is 36.4 Å². The maximum atomic E-state index is 12.7. The van der Waals surface area contributed by atoms with Gasteiger partial charge in [0, 0.05) is 18.5 Å². The molecular formula is C20H30N2O3. The van der Waals surface area contributed by atoms with E-state index in [-0.39, 0.29) is 17.7 Å². The van der Waals surface area contributed by atoms with Gasteiger partial charge in [-0.1, -0.05) is 39.8 Å². The van der Waals surface area contributed by atoms with Crippen molar-refractivity contribution < 1.29 is 14.3 Å². The second-order valence-corrected chi connectivity index (χ2v) is 7.67. The van der Waals surface area contributed by atoms with Crippen molar-refractivity contribution >= 4 is 17.5 Å². The predicted octanol–water partition coefficient (Wildman–Crippen LogP) is 3.70. The Morgan fingerprint density at radius 1 is 1.28 bits per heavy atom. The van der Waals surface area contributed by atoms with Crippen LogP contribution in [0.2, 0.25) is 0 Å². The van der Waals surface area contributed by atoms with Crippen molar-refractivity contribution in [2.24, 2.45) is 11.3 Å². The van der Waals surface area contributed by atoms with Crippen LogP contribution >= 0.6 is 0 Å². The Bertz CT molecular complexity index is 607. The number of ether oxygens (including phenoxy) is 1. The third-order valence-electron chi connectivity index (χ3n) is 4.33. The number of para-hydroxylation sites is 2. The first-order chi connectivity index (χ1) is 11.8. The Kier molecular flexibility index (Phi) is 6.45. The first-order valence-corrected chi connectivity index (χ1v) is 9.15. The molecule has 0 bridgehead atoms. The molecule has 1 N–H and O–H groups in total. The molecule has 138 valence electrons. The molecule has 1 fully saturated rings. The van der Waals surface area contributed by atoms with Gasteiger partial charge >= 0.3 is 0 Å². The van der Waals surface area contributed by atoms with Crippen LogP contribution in [0.25, 0.3) is 0 Å². The van der Waals surface area contributed by atoms with Crippen LogP contribution in [-0.2, 0) is 9.59 Å². The number of likely N-dealkylation sites (tertiary alicyclic amines) is 1. The first-order valence-electron chi connectivity index (χ1n) is 9.15. The van der Waals surface area contributed by atoms with E-state index in [0.717, 1.165) is 25.8 Å². The number of amides is 2. The minimum absolute atomic E-state index is 0.0426. The Labute approximate surface area is 150 Å². The van der Waals surface area contributed by atoms with Crippen LogP contribution in [0.3, 0.4) is 0 Å². The van der Waals surface area contributed by atoms with Crippen LogP contribution in [0.5, 0.6) is 5.75 Å². The minimum atomic E-state index is -0.418. The highest BCUT2D eigenvalue weighted by Gasteiger charge is 2.33. The van der Waals surface area contributed by atoms with Crippen LogP contribution in [0, 0.1) is 11.3 Å². The molecule has 0 aliphatic carbocycles.